The molecule has 1 aliphatic heterocycles. The Labute approximate surface area is 129 Å². The Morgan fingerprint density at radius 3 is 2.81 bits per heavy atom. The fourth-order valence-corrected chi connectivity index (χ4v) is 4.12. The number of fused-ring (bicyclic) bond motifs is 1. The summed E-state index contributed by atoms with van der Waals surface area (Å²) in [5.74, 6) is -1.15. The highest BCUT2D eigenvalue weighted by atomic mass is 79.9. The number of hydrogen-bond acceptors (Lipinski definition) is 4. The molecule has 1 heterocycles. The molecule has 0 bridgehead atoms. The van der Waals surface area contributed by atoms with Gasteiger partial charge in [-0.3, -0.25) is 9.59 Å². The molecule has 0 unspecified atom stereocenters. The summed E-state index contributed by atoms with van der Waals surface area (Å²) < 4.78 is 27.1. The zero-order valence-corrected chi connectivity index (χ0v) is 13.3. The van der Waals surface area contributed by atoms with Crippen molar-refractivity contribution in [1.82, 2.24) is 4.72 Å². The molecule has 1 amide bonds. The molecule has 0 radical (unpaired) electrons. The van der Waals surface area contributed by atoms with Gasteiger partial charge in [-0.2, -0.15) is 0 Å². The van der Waals surface area contributed by atoms with Crippen LogP contribution in [0.25, 0.3) is 0 Å². The van der Waals surface area contributed by atoms with Crippen LogP contribution in [0.1, 0.15) is 18.4 Å². The standard InChI is InChI=1S/C12H13BrN2O5S/c13-8-6-9-7(5-11(16)15-9)4-10(8)21(19,20)14-3-1-2-12(17)18/h4,6,14H,1-3,5H2,(H,15,16)(H,17,18). The van der Waals surface area contributed by atoms with Gasteiger partial charge >= 0.3 is 5.97 Å². The van der Waals surface area contributed by atoms with Crippen molar-refractivity contribution in [3.8, 4) is 0 Å². The van der Waals surface area contributed by atoms with Crippen molar-refractivity contribution in [2.45, 2.75) is 24.2 Å². The molecule has 0 atom stereocenters. The molecule has 1 aromatic rings. The number of aliphatic carboxylic acids is 1. The van der Waals surface area contributed by atoms with Crippen LogP contribution in [0.3, 0.4) is 0 Å². The molecule has 7 nitrogen and oxygen atoms in total. The Hall–Kier alpha value is -1.45. The van der Waals surface area contributed by atoms with Gasteiger partial charge in [0, 0.05) is 23.1 Å². The Balaban J connectivity index is 2.15. The summed E-state index contributed by atoms with van der Waals surface area (Å²) in [6.45, 7) is 0.0370. The second kappa shape index (κ2) is 6.12. The van der Waals surface area contributed by atoms with Gasteiger partial charge in [0.15, 0.2) is 0 Å². The molecule has 1 aromatic carbocycles. The quantitative estimate of drug-likeness (QED) is 0.643. The third kappa shape index (κ3) is 3.80. The number of hydrogen-bond donors (Lipinski definition) is 3. The van der Waals surface area contributed by atoms with E-state index < -0.39 is 16.0 Å². The van der Waals surface area contributed by atoms with Gasteiger partial charge < -0.3 is 10.4 Å². The molecule has 0 fully saturated rings. The summed E-state index contributed by atoms with van der Waals surface area (Å²) in [6.07, 6.45) is 0.244. The normalized spacial score (nSPS) is 13.9. The summed E-state index contributed by atoms with van der Waals surface area (Å²) in [4.78, 5) is 21.7. The van der Waals surface area contributed by atoms with Crippen molar-refractivity contribution in [1.29, 1.82) is 0 Å². The first-order chi connectivity index (χ1) is 9.79. The molecule has 114 valence electrons. The number of nitrogens with one attached hydrogen (secondary N) is 2. The fraction of sp³-hybridized carbons (Fsp3) is 0.333. The first-order valence-electron chi connectivity index (χ1n) is 6.13. The number of carboxylic acids is 1. The third-order valence-electron chi connectivity index (χ3n) is 2.93. The van der Waals surface area contributed by atoms with E-state index in [4.69, 9.17) is 5.11 Å². The van der Waals surface area contributed by atoms with E-state index in [0.29, 0.717) is 15.7 Å². The highest BCUT2D eigenvalue weighted by molar-refractivity contribution is 9.10. The lowest BCUT2D eigenvalue weighted by Crippen LogP contribution is -2.25. The van der Waals surface area contributed by atoms with Crippen molar-refractivity contribution in [2.24, 2.45) is 0 Å². The van der Waals surface area contributed by atoms with E-state index in [1.165, 1.54) is 6.07 Å². The zero-order chi connectivity index (χ0) is 15.6. The molecular formula is C12H13BrN2O5S. The average Bonchev–Trinajstić information content (AvgIpc) is 2.72. The minimum atomic E-state index is -3.76. The predicted octanol–water partition coefficient (Wildman–Crippen LogP) is 1.09. The summed E-state index contributed by atoms with van der Waals surface area (Å²) in [6, 6.07) is 2.99. The Morgan fingerprint density at radius 1 is 1.43 bits per heavy atom. The van der Waals surface area contributed by atoms with Gasteiger partial charge in [-0.15, -0.1) is 0 Å². The van der Waals surface area contributed by atoms with Crippen molar-refractivity contribution >= 4 is 43.5 Å². The number of anilines is 1. The van der Waals surface area contributed by atoms with Crippen LogP contribution in [0.15, 0.2) is 21.5 Å². The average molecular weight is 377 g/mol. The van der Waals surface area contributed by atoms with Gasteiger partial charge in [-0.25, -0.2) is 13.1 Å². The maximum absolute atomic E-state index is 12.2. The molecule has 3 N–H and O–H groups in total. The molecule has 2 rings (SSSR count). The van der Waals surface area contributed by atoms with Gasteiger partial charge in [0.2, 0.25) is 15.9 Å². The lowest BCUT2D eigenvalue weighted by atomic mass is 10.2. The van der Waals surface area contributed by atoms with Gasteiger partial charge in [0.05, 0.1) is 11.3 Å². The second-order valence-corrected chi connectivity index (χ2v) is 7.15. The number of carboxylic acid groups (broad SMARTS) is 1. The van der Waals surface area contributed by atoms with E-state index in [0.717, 1.165) is 0 Å². The van der Waals surface area contributed by atoms with E-state index in [1.54, 1.807) is 6.07 Å². The first-order valence-corrected chi connectivity index (χ1v) is 8.41. The van der Waals surface area contributed by atoms with Gasteiger partial charge in [0.1, 0.15) is 0 Å². The SMILES string of the molecule is O=C(O)CCCNS(=O)(=O)c1cc2c(cc1Br)NC(=O)C2. The maximum Gasteiger partial charge on any atom is 0.303 e. The molecular weight excluding hydrogens is 364 g/mol. The Morgan fingerprint density at radius 2 is 2.14 bits per heavy atom. The van der Waals surface area contributed by atoms with Crippen LogP contribution < -0.4 is 10.0 Å². The smallest absolute Gasteiger partial charge is 0.303 e. The fourth-order valence-electron chi connectivity index (χ4n) is 1.96. The number of rotatable bonds is 6. The predicted molar refractivity (Wildman–Crippen MR) is 78.5 cm³/mol. The highest BCUT2D eigenvalue weighted by Crippen LogP contribution is 2.32. The Bertz CT molecular complexity index is 702. The molecule has 9 heteroatoms. The van der Waals surface area contributed by atoms with Crippen molar-refractivity contribution in [2.75, 3.05) is 11.9 Å². The summed E-state index contributed by atoms with van der Waals surface area (Å²) in [7, 11) is -3.76. The van der Waals surface area contributed by atoms with E-state index in [9.17, 15) is 18.0 Å². The van der Waals surface area contributed by atoms with E-state index in [-0.39, 0.29) is 36.6 Å². The monoisotopic (exact) mass is 376 g/mol. The van der Waals surface area contributed by atoms with Crippen LogP contribution in [0.5, 0.6) is 0 Å². The number of amides is 1. The van der Waals surface area contributed by atoms with E-state index >= 15 is 0 Å². The molecule has 0 aromatic heterocycles. The van der Waals surface area contributed by atoms with Gasteiger partial charge in [0.25, 0.3) is 0 Å². The topological polar surface area (TPSA) is 113 Å². The zero-order valence-electron chi connectivity index (χ0n) is 10.8. The van der Waals surface area contributed by atoms with Crippen molar-refractivity contribution in [3.63, 3.8) is 0 Å². The van der Waals surface area contributed by atoms with Crippen LogP contribution in [-0.4, -0.2) is 31.9 Å². The molecule has 0 aliphatic carbocycles. The van der Waals surface area contributed by atoms with E-state index in [1.807, 2.05) is 0 Å². The molecule has 21 heavy (non-hydrogen) atoms. The third-order valence-corrected chi connectivity index (χ3v) is 5.35. The van der Waals surface area contributed by atoms with Gasteiger partial charge in [-0.1, -0.05) is 0 Å². The number of carbonyl (C=O) groups is 2. The second-order valence-electron chi connectivity index (χ2n) is 4.56. The minimum Gasteiger partial charge on any atom is -0.481 e. The van der Waals surface area contributed by atoms with Crippen LogP contribution >= 0.6 is 15.9 Å². The lowest BCUT2D eigenvalue weighted by molar-refractivity contribution is -0.137. The van der Waals surface area contributed by atoms with Crippen LogP contribution in [0.2, 0.25) is 0 Å². The molecule has 0 saturated carbocycles. The lowest BCUT2D eigenvalue weighted by Gasteiger charge is -2.10. The molecule has 0 spiro atoms. The first kappa shape index (κ1) is 15.9. The maximum atomic E-state index is 12.2. The number of benzene rings is 1. The number of carbonyl (C=O) groups excluding carboxylic acids is 1. The van der Waals surface area contributed by atoms with Crippen LogP contribution in [0, 0.1) is 0 Å². The van der Waals surface area contributed by atoms with Crippen LogP contribution in [0.4, 0.5) is 5.69 Å². The number of halogens is 1. The minimum absolute atomic E-state index is 0.0353. The summed E-state index contributed by atoms with van der Waals surface area (Å²) >= 11 is 3.17. The Kier molecular flexibility index (Phi) is 4.64. The van der Waals surface area contributed by atoms with E-state index in [2.05, 4.69) is 26.0 Å². The van der Waals surface area contributed by atoms with Gasteiger partial charge in [-0.05, 0) is 40.0 Å². The van der Waals surface area contributed by atoms with Crippen LogP contribution in [-0.2, 0) is 26.0 Å². The summed E-state index contributed by atoms with van der Waals surface area (Å²) in [5.41, 5.74) is 1.21. The molecule has 0 saturated heterocycles. The molecule has 1 aliphatic rings. The largest absolute Gasteiger partial charge is 0.481 e. The van der Waals surface area contributed by atoms with Crippen molar-refractivity contribution < 1.29 is 23.1 Å². The highest BCUT2D eigenvalue weighted by Gasteiger charge is 2.24. The summed E-state index contributed by atoms with van der Waals surface area (Å²) in [5, 5.41) is 11.1. The van der Waals surface area contributed by atoms with Crippen molar-refractivity contribution in [3.05, 3.63) is 22.2 Å². The number of sulfonamides is 1.